The van der Waals surface area contributed by atoms with Gasteiger partial charge in [-0.05, 0) is 33.7 Å². The van der Waals surface area contributed by atoms with Crippen molar-refractivity contribution in [1.82, 2.24) is 0 Å². The predicted molar refractivity (Wildman–Crippen MR) is 122 cm³/mol. The van der Waals surface area contributed by atoms with Gasteiger partial charge in [0.05, 0.1) is 10.0 Å². The van der Waals surface area contributed by atoms with Crippen molar-refractivity contribution >= 4 is 44.7 Å². The summed E-state index contributed by atoms with van der Waals surface area (Å²) in [6, 6.07) is 19.7. The lowest BCUT2D eigenvalue weighted by Crippen LogP contribution is -2.04. The van der Waals surface area contributed by atoms with E-state index in [1.165, 1.54) is 0 Å². The van der Waals surface area contributed by atoms with Crippen LogP contribution in [0.15, 0.2) is 60.7 Å². The summed E-state index contributed by atoms with van der Waals surface area (Å²) in [6.07, 6.45) is 0. The van der Waals surface area contributed by atoms with Crippen LogP contribution in [-0.4, -0.2) is 27.8 Å². The minimum atomic E-state index is 0.0534. The molecule has 0 saturated carbocycles. The lowest BCUT2D eigenvalue weighted by atomic mass is 9.92. The molecule has 4 nitrogen and oxygen atoms in total. The monoisotopic (exact) mass is 442 g/mol. The van der Waals surface area contributed by atoms with Crippen LogP contribution in [0, 0.1) is 0 Å². The van der Waals surface area contributed by atoms with E-state index >= 15 is 0 Å². The number of halogens is 2. The topological polar surface area (TPSA) is 36.9 Å². The number of hydrogen-bond acceptors (Lipinski definition) is 4. The molecule has 0 N–H and O–H groups in total. The van der Waals surface area contributed by atoms with Crippen LogP contribution < -0.4 is 9.47 Å². The fraction of sp³-hybridized carbons (Fsp3) is 0.167. The third-order valence-electron chi connectivity index (χ3n) is 4.80. The zero-order chi connectivity index (χ0) is 21.1. The van der Waals surface area contributed by atoms with Crippen LogP contribution in [0.3, 0.4) is 0 Å². The molecule has 0 fully saturated rings. The smallest absolute Gasteiger partial charge is 0.188 e. The van der Waals surface area contributed by atoms with E-state index in [2.05, 4.69) is 0 Å². The molecule has 0 aliphatic carbocycles. The van der Waals surface area contributed by atoms with Crippen molar-refractivity contribution in [3.05, 3.63) is 70.7 Å². The van der Waals surface area contributed by atoms with Crippen LogP contribution in [0.2, 0.25) is 10.0 Å². The first-order chi connectivity index (χ1) is 14.7. The first kappa shape index (κ1) is 20.8. The standard InChI is InChI=1S/C24H20Cl2O4/c1-27-13-29-23-19(25)11-15-7-3-5-9-17(15)21(23)22-18-10-6-4-8-16(18)12-20(26)24(22)30-14-28-2/h3-12H,13-14H2,1-2H3. The molecule has 154 valence electrons. The van der Waals surface area contributed by atoms with Gasteiger partial charge in [0.1, 0.15) is 11.5 Å². The Bertz CT molecular complexity index is 1110. The maximum absolute atomic E-state index is 6.66. The summed E-state index contributed by atoms with van der Waals surface area (Å²) in [5.41, 5.74) is 1.58. The second kappa shape index (κ2) is 9.11. The molecular weight excluding hydrogens is 423 g/mol. The Hall–Kier alpha value is -2.50. The van der Waals surface area contributed by atoms with Gasteiger partial charge < -0.3 is 18.9 Å². The molecule has 0 amide bonds. The molecule has 0 heterocycles. The lowest BCUT2D eigenvalue weighted by Gasteiger charge is -2.21. The first-order valence-electron chi connectivity index (χ1n) is 9.32. The Kier molecular flexibility index (Phi) is 6.30. The summed E-state index contributed by atoms with van der Waals surface area (Å²) in [4.78, 5) is 0. The van der Waals surface area contributed by atoms with Crippen LogP contribution in [0.4, 0.5) is 0 Å². The minimum Gasteiger partial charge on any atom is -0.465 e. The van der Waals surface area contributed by atoms with E-state index in [1.807, 2.05) is 60.7 Å². The number of rotatable bonds is 7. The Morgan fingerprint density at radius 1 is 0.633 bits per heavy atom. The summed E-state index contributed by atoms with van der Waals surface area (Å²) in [7, 11) is 3.13. The van der Waals surface area contributed by atoms with Crippen molar-refractivity contribution in [2.75, 3.05) is 27.8 Å². The van der Waals surface area contributed by atoms with E-state index in [1.54, 1.807) is 14.2 Å². The third-order valence-corrected chi connectivity index (χ3v) is 5.37. The van der Waals surface area contributed by atoms with Crippen LogP contribution in [0.5, 0.6) is 11.5 Å². The van der Waals surface area contributed by atoms with Crippen molar-refractivity contribution in [2.24, 2.45) is 0 Å². The summed E-state index contributed by atoms with van der Waals surface area (Å²) >= 11 is 13.3. The molecule has 4 rings (SSSR count). The normalized spacial score (nSPS) is 11.2. The van der Waals surface area contributed by atoms with Gasteiger partial charge in [0.25, 0.3) is 0 Å². The minimum absolute atomic E-state index is 0.0534. The average molecular weight is 443 g/mol. The Morgan fingerprint density at radius 2 is 1.03 bits per heavy atom. The highest BCUT2D eigenvalue weighted by molar-refractivity contribution is 6.36. The molecule has 0 bridgehead atoms. The molecule has 0 saturated heterocycles. The molecular formula is C24H20Cl2O4. The molecule has 0 aliphatic rings. The van der Waals surface area contributed by atoms with Crippen LogP contribution in [0.25, 0.3) is 32.7 Å². The van der Waals surface area contributed by atoms with E-state index in [0.29, 0.717) is 21.5 Å². The number of methoxy groups -OCH3 is 2. The molecule has 6 heteroatoms. The number of hydrogen-bond donors (Lipinski definition) is 0. The molecule has 0 unspecified atom stereocenters. The van der Waals surface area contributed by atoms with Gasteiger partial charge in [-0.15, -0.1) is 0 Å². The molecule has 0 atom stereocenters. The highest BCUT2D eigenvalue weighted by Gasteiger charge is 2.23. The summed E-state index contributed by atoms with van der Waals surface area (Å²) in [5, 5.41) is 4.82. The summed E-state index contributed by atoms with van der Waals surface area (Å²) in [5.74, 6) is 1.01. The van der Waals surface area contributed by atoms with Crippen molar-refractivity contribution in [3.63, 3.8) is 0 Å². The van der Waals surface area contributed by atoms with Crippen LogP contribution in [0.1, 0.15) is 0 Å². The van der Waals surface area contributed by atoms with E-state index < -0.39 is 0 Å². The molecule has 0 radical (unpaired) electrons. The SMILES string of the molecule is COCOc1c(Cl)cc2ccccc2c1-c1c(OCOC)c(Cl)cc2ccccc12. The van der Waals surface area contributed by atoms with Crippen molar-refractivity contribution in [3.8, 4) is 22.6 Å². The van der Waals surface area contributed by atoms with Gasteiger partial charge in [0.15, 0.2) is 13.6 Å². The van der Waals surface area contributed by atoms with Crippen molar-refractivity contribution < 1.29 is 18.9 Å². The predicted octanol–water partition coefficient (Wildman–Crippen LogP) is 6.93. The van der Waals surface area contributed by atoms with E-state index in [9.17, 15) is 0 Å². The van der Waals surface area contributed by atoms with Gasteiger partial charge in [-0.2, -0.15) is 0 Å². The molecule has 30 heavy (non-hydrogen) atoms. The zero-order valence-electron chi connectivity index (χ0n) is 16.6. The second-order valence-corrected chi connectivity index (χ2v) is 7.48. The Morgan fingerprint density at radius 3 is 1.43 bits per heavy atom. The van der Waals surface area contributed by atoms with Gasteiger partial charge in [0, 0.05) is 25.3 Å². The maximum atomic E-state index is 6.66. The van der Waals surface area contributed by atoms with Gasteiger partial charge in [-0.25, -0.2) is 0 Å². The molecule has 0 spiro atoms. The van der Waals surface area contributed by atoms with Crippen molar-refractivity contribution in [2.45, 2.75) is 0 Å². The number of ether oxygens (including phenoxy) is 4. The highest BCUT2D eigenvalue weighted by atomic mass is 35.5. The fourth-order valence-corrected chi connectivity index (χ4v) is 4.14. The Labute approximate surface area is 184 Å². The van der Waals surface area contributed by atoms with Crippen molar-refractivity contribution in [1.29, 1.82) is 0 Å². The van der Waals surface area contributed by atoms with Gasteiger partial charge >= 0.3 is 0 Å². The van der Waals surface area contributed by atoms with Crippen LogP contribution in [-0.2, 0) is 9.47 Å². The quantitative estimate of drug-likeness (QED) is 0.290. The van der Waals surface area contributed by atoms with Gasteiger partial charge in [-0.3, -0.25) is 0 Å². The van der Waals surface area contributed by atoms with Gasteiger partial charge in [-0.1, -0.05) is 71.7 Å². The fourth-order valence-electron chi connectivity index (χ4n) is 3.60. The molecule has 0 aromatic heterocycles. The number of fused-ring (bicyclic) bond motifs is 2. The lowest BCUT2D eigenvalue weighted by molar-refractivity contribution is 0.0502. The summed E-state index contributed by atoms with van der Waals surface area (Å²) < 4.78 is 22.2. The first-order valence-corrected chi connectivity index (χ1v) is 10.1. The van der Waals surface area contributed by atoms with Gasteiger partial charge in [0.2, 0.25) is 0 Å². The van der Waals surface area contributed by atoms with E-state index in [0.717, 1.165) is 32.7 Å². The largest absolute Gasteiger partial charge is 0.465 e. The maximum Gasteiger partial charge on any atom is 0.188 e. The van der Waals surface area contributed by atoms with E-state index in [4.69, 9.17) is 42.1 Å². The third kappa shape index (κ3) is 3.80. The molecule has 4 aromatic rings. The molecule has 0 aliphatic heterocycles. The molecule has 4 aromatic carbocycles. The Balaban J connectivity index is 2.16. The van der Waals surface area contributed by atoms with E-state index in [-0.39, 0.29) is 13.6 Å². The average Bonchev–Trinajstić information content (AvgIpc) is 2.76. The second-order valence-electron chi connectivity index (χ2n) is 6.67. The zero-order valence-corrected chi connectivity index (χ0v) is 18.1. The number of benzene rings is 4. The highest BCUT2D eigenvalue weighted by Crippen LogP contribution is 2.50. The summed E-state index contributed by atoms with van der Waals surface area (Å²) in [6.45, 7) is 0.107. The van der Waals surface area contributed by atoms with Crippen LogP contribution >= 0.6 is 23.2 Å².